The van der Waals surface area contributed by atoms with Crippen molar-refractivity contribution in [3.05, 3.63) is 18.2 Å². The second-order valence-electron chi connectivity index (χ2n) is 8.18. The molecule has 27 heavy (non-hydrogen) atoms. The first kappa shape index (κ1) is 21.7. The molecule has 0 aliphatic carbocycles. The van der Waals surface area contributed by atoms with E-state index in [0.29, 0.717) is 5.92 Å². The zero-order valence-corrected chi connectivity index (χ0v) is 16.3. The molecule has 2 N–H and O–H groups in total. The molecule has 1 saturated heterocycles. The summed E-state index contributed by atoms with van der Waals surface area (Å²) in [4.78, 5) is 18.1. The number of carbonyl (C=O) groups is 1. The number of imidazole rings is 1. The summed E-state index contributed by atoms with van der Waals surface area (Å²) in [7, 11) is 1.34. The van der Waals surface area contributed by atoms with Gasteiger partial charge in [-0.2, -0.15) is 13.2 Å². The Labute approximate surface area is 157 Å². The van der Waals surface area contributed by atoms with E-state index in [1.165, 1.54) is 13.2 Å². The molecule has 0 spiro atoms. The van der Waals surface area contributed by atoms with E-state index in [0.717, 1.165) is 36.7 Å². The third-order valence-corrected chi connectivity index (χ3v) is 5.31. The van der Waals surface area contributed by atoms with Crippen molar-refractivity contribution in [1.29, 1.82) is 0 Å². The van der Waals surface area contributed by atoms with Crippen LogP contribution in [-0.4, -0.2) is 56.8 Å². The highest BCUT2D eigenvalue weighted by molar-refractivity contribution is 5.77. The van der Waals surface area contributed by atoms with E-state index in [2.05, 4.69) is 22.1 Å². The Kier molecular flexibility index (Phi) is 6.26. The summed E-state index contributed by atoms with van der Waals surface area (Å²) >= 11 is 0. The lowest BCUT2D eigenvalue weighted by molar-refractivity contribution is -0.271. The average Bonchev–Trinajstić information content (AvgIpc) is 2.98. The van der Waals surface area contributed by atoms with Crippen LogP contribution in [-0.2, 0) is 17.4 Å². The van der Waals surface area contributed by atoms with Crippen LogP contribution in [0.25, 0.3) is 0 Å². The first-order valence-electron chi connectivity index (χ1n) is 9.15. The Morgan fingerprint density at radius 3 is 2.59 bits per heavy atom. The zero-order chi connectivity index (χ0) is 20.5. The molecule has 6 nitrogen and oxygen atoms in total. The minimum absolute atomic E-state index is 0.201. The summed E-state index contributed by atoms with van der Waals surface area (Å²) in [6.07, 6.45) is -1.49. The molecule has 1 aromatic rings. The lowest BCUT2D eigenvalue weighted by Gasteiger charge is -2.43. The van der Waals surface area contributed by atoms with Crippen molar-refractivity contribution in [3.8, 4) is 0 Å². The van der Waals surface area contributed by atoms with Gasteiger partial charge in [0.1, 0.15) is 0 Å². The van der Waals surface area contributed by atoms with E-state index >= 15 is 0 Å². The van der Waals surface area contributed by atoms with E-state index in [4.69, 9.17) is 0 Å². The molecule has 0 radical (unpaired) electrons. The monoisotopic (exact) mass is 390 g/mol. The Morgan fingerprint density at radius 2 is 2.07 bits per heavy atom. The van der Waals surface area contributed by atoms with Crippen molar-refractivity contribution < 1.29 is 23.1 Å². The summed E-state index contributed by atoms with van der Waals surface area (Å²) in [5, 5.41) is 12.9. The zero-order valence-electron chi connectivity index (χ0n) is 16.3. The number of likely N-dealkylation sites (tertiary alicyclic amines) is 1. The molecule has 1 amide bonds. The highest BCUT2D eigenvalue weighted by Crippen LogP contribution is 2.40. The van der Waals surface area contributed by atoms with Crippen LogP contribution in [0, 0.1) is 5.92 Å². The number of aryl methyl sites for hydroxylation is 1. The molecule has 154 valence electrons. The quantitative estimate of drug-likeness (QED) is 0.781. The van der Waals surface area contributed by atoms with Gasteiger partial charge < -0.3 is 15.0 Å². The van der Waals surface area contributed by atoms with Crippen LogP contribution in [0.2, 0.25) is 0 Å². The topological polar surface area (TPSA) is 70.4 Å². The van der Waals surface area contributed by atoms with E-state index in [-0.39, 0.29) is 12.1 Å². The highest BCUT2D eigenvalue weighted by Gasteiger charge is 2.58. The fraction of sp³-hybridized carbons (Fsp3) is 0.778. The number of amides is 1. The van der Waals surface area contributed by atoms with Gasteiger partial charge in [-0.25, -0.2) is 4.98 Å². The summed E-state index contributed by atoms with van der Waals surface area (Å²) in [6.45, 7) is 8.07. The molecular formula is C18H29F3N4O2. The van der Waals surface area contributed by atoms with Gasteiger partial charge in [-0.1, -0.05) is 6.92 Å². The van der Waals surface area contributed by atoms with Gasteiger partial charge in [0.25, 0.3) is 0 Å². The van der Waals surface area contributed by atoms with Crippen LogP contribution in [0.5, 0.6) is 0 Å². The lowest BCUT2D eigenvalue weighted by Crippen LogP contribution is -2.55. The van der Waals surface area contributed by atoms with Crippen molar-refractivity contribution in [1.82, 2.24) is 19.8 Å². The Morgan fingerprint density at radius 1 is 1.41 bits per heavy atom. The predicted molar refractivity (Wildman–Crippen MR) is 94.8 cm³/mol. The number of hydrogen-bond donors (Lipinski definition) is 2. The van der Waals surface area contributed by atoms with Gasteiger partial charge in [0.05, 0.1) is 6.42 Å². The van der Waals surface area contributed by atoms with Crippen molar-refractivity contribution >= 4 is 5.91 Å². The van der Waals surface area contributed by atoms with Gasteiger partial charge in [0.2, 0.25) is 11.5 Å². The molecule has 2 rings (SSSR count). The number of piperidine rings is 1. The van der Waals surface area contributed by atoms with Crippen LogP contribution >= 0.6 is 0 Å². The number of hydrogen-bond acceptors (Lipinski definition) is 4. The van der Waals surface area contributed by atoms with Crippen LogP contribution in [0.15, 0.2) is 12.4 Å². The van der Waals surface area contributed by atoms with Crippen molar-refractivity contribution in [2.45, 2.75) is 57.3 Å². The second-order valence-corrected chi connectivity index (χ2v) is 8.18. The van der Waals surface area contributed by atoms with E-state index < -0.39 is 29.9 Å². The number of alkyl halides is 3. The standard InChI is InChI=1S/C18H29F3N4O2/c1-13-6-5-8-25(11-13)16(2,3)12-23-14(26)10-17(27,18(19,20)21)15-22-7-9-24(15)4/h7,9,13,27H,5-6,8,10-12H2,1-4H3,(H,23,26). The van der Waals surface area contributed by atoms with Crippen molar-refractivity contribution in [3.63, 3.8) is 0 Å². The van der Waals surface area contributed by atoms with Crippen LogP contribution in [0.3, 0.4) is 0 Å². The molecule has 0 saturated carbocycles. The van der Waals surface area contributed by atoms with Crippen LogP contribution < -0.4 is 5.32 Å². The molecule has 2 atom stereocenters. The number of nitrogens with one attached hydrogen (secondary N) is 1. The van der Waals surface area contributed by atoms with Crippen LogP contribution in [0.4, 0.5) is 13.2 Å². The maximum atomic E-state index is 13.5. The van der Waals surface area contributed by atoms with Crippen molar-refractivity contribution in [2.24, 2.45) is 13.0 Å². The molecule has 0 bridgehead atoms. The van der Waals surface area contributed by atoms with E-state index in [1.54, 1.807) is 0 Å². The van der Waals surface area contributed by atoms with E-state index in [9.17, 15) is 23.1 Å². The second kappa shape index (κ2) is 7.79. The van der Waals surface area contributed by atoms with Crippen molar-refractivity contribution in [2.75, 3.05) is 19.6 Å². The summed E-state index contributed by atoms with van der Waals surface area (Å²) < 4.78 is 41.6. The van der Waals surface area contributed by atoms with Crippen LogP contribution in [0.1, 0.15) is 45.9 Å². The minimum atomic E-state index is -5.03. The number of rotatable bonds is 6. The third-order valence-electron chi connectivity index (χ3n) is 5.31. The summed E-state index contributed by atoms with van der Waals surface area (Å²) in [5.74, 6) is -0.919. The third kappa shape index (κ3) is 4.82. The Balaban J connectivity index is 2.05. The van der Waals surface area contributed by atoms with Gasteiger partial charge in [0.15, 0.2) is 5.82 Å². The number of aromatic nitrogens is 2. The molecule has 1 aromatic heterocycles. The fourth-order valence-electron chi connectivity index (χ4n) is 3.53. The number of halogens is 3. The summed E-state index contributed by atoms with van der Waals surface area (Å²) in [6, 6.07) is 0. The smallest absolute Gasteiger partial charge is 0.374 e. The normalized spacial score (nSPS) is 21.7. The SMILES string of the molecule is CC1CCCN(C(C)(C)CNC(=O)CC(O)(c2nccn2C)C(F)(F)F)C1. The summed E-state index contributed by atoms with van der Waals surface area (Å²) in [5.41, 5.74) is -3.72. The molecule has 1 aliphatic rings. The Hall–Kier alpha value is -1.61. The van der Waals surface area contributed by atoms with Gasteiger partial charge in [-0.3, -0.25) is 9.69 Å². The number of nitrogens with zero attached hydrogens (tertiary/aromatic N) is 3. The lowest BCUT2D eigenvalue weighted by atomic mass is 9.93. The molecule has 1 aliphatic heterocycles. The first-order chi connectivity index (χ1) is 12.4. The molecule has 9 heteroatoms. The van der Waals surface area contributed by atoms with Gasteiger partial charge in [-0.15, -0.1) is 0 Å². The predicted octanol–water partition coefficient (Wildman–Crippen LogP) is 2.19. The molecule has 0 aromatic carbocycles. The van der Waals surface area contributed by atoms with E-state index in [1.807, 2.05) is 13.8 Å². The maximum Gasteiger partial charge on any atom is 0.425 e. The van der Waals surface area contributed by atoms with Gasteiger partial charge in [-0.05, 0) is 39.2 Å². The number of carbonyl (C=O) groups excluding carboxylic acids is 1. The fourth-order valence-corrected chi connectivity index (χ4v) is 3.53. The first-order valence-corrected chi connectivity index (χ1v) is 9.15. The molecular weight excluding hydrogens is 361 g/mol. The molecule has 1 fully saturated rings. The largest absolute Gasteiger partial charge is 0.425 e. The minimum Gasteiger partial charge on any atom is -0.374 e. The molecule has 2 heterocycles. The molecule has 2 unspecified atom stereocenters. The maximum absolute atomic E-state index is 13.5. The van der Waals surface area contributed by atoms with Gasteiger partial charge in [0, 0.05) is 38.1 Å². The Bertz CT molecular complexity index is 659. The number of aliphatic hydroxyl groups is 1. The highest BCUT2D eigenvalue weighted by atomic mass is 19.4. The van der Waals surface area contributed by atoms with Gasteiger partial charge >= 0.3 is 6.18 Å². The average molecular weight is 390 g/mol.